The Balaban J connectivity index is 1.96. The summed E-state index contributed by atoms with van der Waals surface area (Å²) in [4.78, 5) is 6.28. The van der Waals surface area contributed by atoms with Crippen LogP contribution in [-0.4, -0.2) is 28.1 Å². The lowest BCUT2D eigenvalue weighted by Gasteiger charge is -2.24. The highest BCUT2D eigenvalue weighted by Gasteiger charge is 2.12. The maximum absolute atomic E-state index is 10.4. The summed E-state index contributed by atoms with van der Waals surface area (Å²) in [7, 11) is 0. The molecule has 0 aliphatic rings. The second-order valence-electron chi connectivity index (χ2n) is 5.29. The van der Waals surface area contributed by atoms with Gasteiger partial charge in [-0.2, -0.15) is 0 Å². The predicted molar refractivity (Wildman–Crippen MR) is 86.0 cm³/mol. The summed E-state index contributed by atoms with van der Waals surface area (Å²) in [5, 5.41) is 10.4. The van der Waals surface area contributed by atoms with Crippen molar-refractivity contribution in [2.45, 2.75) is 32.9 Å². The van der Waals surface area contributed by atoms with Crippen LogP contribution in [-0.2, 0) is 13.0 Å². The average molecular weight is 284 g/mol. The van der Waals surface area contributed by atoms with Gasteiger partial charge in [0.15, 0.2) is 0 Å². The standard InChI is InChI=1S/C18H24N2O/c1-3-15-5-7-17(8-6-15)18(21)14-20(4-2)13-16-9-11-19-12-10-16/h5-12,18,21H,3-4,13-14H2,1-2H3. The van der Waals surface area contributed by atoms with E-state index in [9.17, 15) is 5.11 Å². The van der Waals surface area contributed by atoms with E-state index in [0.717, 1.165) is 25.1 Å². The maximum Gasteiger partial charge on any atom is 0.0917 e. The minimum atomic E-state index is -0.447. The van der Waals surface area contributed by atoms with E-state index in [0.29, 0.717) is 6.54 Å². The van der Waals surface area contributed by atoms with Crippen molar-refractivity contribution in [1.29, 1.82) is 0 Å². The van der Waals surface area contributed by atoms with Crippen LogP contribution in [0.3, 0.4) is 0 Å². The molecule has 1 aromatic heterocycles. The van der Waals surface area contributed by atoms with Crippen molar-refractivity contribution < 1.29 is 5.11 Å². The number of likely N-dealkylation sites (N-methyl/N-ethyl adjacent to an activating group) is 1. The Morgan fingerprint density at radius 3 is 2.24 bits per heavy atom. The number of aromatic nitrogens is 1. The molecule has 0 aliphatic heterocycles. The van der Waals surface area contributed by atoms with Crippen LogP contribution in [0.1, 0.15) is 36.6 Å². The second-order valence-corrected chi connectivity index (χ2v) is 5.29. The van der Waals surface area contributed by atoms with Crippen LogP contribution in [0.15, 0.2) is 48.8 Å². The van der Waals surface area contributed by atoms with E-state index in [-0.39, 0.29) is 0 Å². The lowest BCUT2D eigenvalue weighted by Crippen LogP contribution is -2.28. The molecule has 2 rings (SSSR count). The van der Waals surface area contributed by atoms with Crippen LogP contribution in [0.25, 0.3) is 0 Å². The normalized spacial score (nSPS) is 12.6. The summed E-state index contributed by atoms with van der Waals surface area (Å²) in [5.41, 5.74) is 3.51. The number of hydrogen-bond acceptors (Lipinski definition) is 3. The molecular formula is C18H24N2O. The number of rotatable bonds is 7. The van der Waals surface area contributed by atoms with E-state index in [4.69, 9.17) is 0 Å². The molecule has 0 spiro atoms. The van der Waals surface area contributed by atoms with Gasteiger partial charge in [-0.3, -0.25) is 9.88 Å². The van der Waals surface area contributed by atoms with Gasteiger partial charge in [0.05, 0.1) is 6.10 Å². The van der Waals surface area contributed by atoms with Gasteiger partial charge in [0, 0.05) is 25.5 Å². The topological polar surface area (TPSA) is 36.4 Å². The largest absolute Gasteiger partial charge is 0.387 e. The summed E-state index contributed by atoms with van der Waals surface area (Å²) in [5.74, 6) is 0. The number of pyridine rings is 1. The molecule has 2 aromatic rings. The minimum absolute atomic E-state index is 0.447. The monoisotopic (exact) mass is 284 g/mol. The second kappa shape index (κ2) is 7.91. The van der Waals surface area contributed by atoms with Gasteiger partial charge < -0.3 is 5.11 Å². The smallest absolute Gasteiger partial charge is 0.0917 e. The lowest BCUT2D eigenvalue weighted by atomic mass is 10.1. The van der Waals surface area contributed by atoms with E-state index < -0.39 is 6.10 Å². The molecule has 1 unspecified atom stereocenters. The van der Waals surface area contributed by atoms with Crippen molar-refractivity contribution in [3.8, 4) is 0 Å². The maximum atomic E-state index is 10.4. The predicted octanol–water partition coefficient (Wildman–Crippen LogP) is 3.20. The first-order valence-electron chi connectivity index (χ1n) is 7.61. The third kappa shape index (κ3) is 4.66. The van der Waals surface area contributed by atoms with Crippen molar-refractivity contribution in [2.75, 3.05) is 13.1 Å². The van der Waals surface area contributed by atoms with E-state index in [1.807, 2.05) is 36.7 Å². The first kappa shape index (κ1) is 15.7. The van der Waals surface area contributed by atoms with E-state index in [1.165, 1.54) is 11.1 Å². The van der Waals surface area contributed by atoms with Gasteiger partial charge in [0.2, 0.25) is 0 Å². The van der Waals surface area contributed by atoms with Crippen LogP contribution < -0.4 is 0 Å². The zero-order chi connectivity index (χ0) is 15.1. The number of benzene rings is 1. The Labute approximate surface area is 127 Å². The molecule has 112 valence electrons. The van der Waals surface area contributed by atoms with Gasteiger partial charge in [-0.15, -0.1) is 0 Å². The summed E-state index contributed by atoms with van der Waals surface area (Å²) in [6, 6.07) is 12.3. The molecule has 0 saturated heterocycles. The molecule has 3 heteroatoms. The van der Waals surface area contributed by atoms with Gasteiger partial charge in [-0.05, 0) is 41.8 Å². The fourth-order valence-corrected chi connectivity index (χ4v) is 2.38. The Bertz CT molecular complexity index is 525. The van der Waals surface area contributed by atoms with Gasteiger partial charge in [-0.1, -0.05) is 38.1 Å². The molecule has 0 bridgehead atoms. The van der Waals surface area contributed by atoms with Crippen molar-refractivity contribution in [1.82, 2.24) is 9.88 Å². The third-order valence-corrected chi connectivity index (χ3v) is 3.81. The van der Waals surface area contributed by atoms with Crippen LogP contribution in [0.4, 0.5) is 0 Å². The van der Waals surface area contributed by atoms with Gasteiger partial charge in [-0.25, -0.2) is 0 Å². The Kier molecular flexibility index (Phi) is 5.90. The lowest BCUT2D eigenvalue weighted by molar-refractivity contribution is 0.112. The Hall–Kier alpha value is -1.71. The number of hydrogen-bond donors (Lipinski definition) is 1. The van der Waals surface area contributed by atoms with Crippen LogP contribution in [0.5, 0.6) is 0 Å². The highest BCUT2D eigenvalue weighted by atomic mass is 16.3. The zero-order valence-corrected chi connectivity index (χ0v) is 12.9. The van der Waals surface area contributed by atoms with Crippen molar-refractivity contribution in [3.05, 3.63) is 65.5 Å². The molecule has 1 N–H and O–H groups in total. The first-order chi connectivity index (χ1) is 10.2. The number of aliphatic hydroxyl groups is 1. The van der Waals surface area contributed by atoms with E-state index in [1.54, 1.807) is 0 Å². The Morgan fingerprint density at radius 2 is 1.67 bits per heavy atom. The quantitative estimate of drug-likeness (QED) is 0.848. The zero-order valence-electron chi connectivity index (χ0n) is 12.9. The molecule has 21 heavy (non-hydrogen) atoms. The number of aliphatic hydroxyl groups excluding tert-OH is 1. The number of nitrogens with zero attached hydrogens (tertiary/aromatic N) is 2. The fourth-order valence-electron chi connectivity index (χ4n) is 2.38. The molecule has 1 atom stereocenters. The molecule has 0 saturated carbocycles. The van der Waals surface area contributed by atoms with Gasteiger partial charge >= 0.3 is 0 Å². The summed E-state index contributed by atoms with van der Waals surface area (Å²) in [6.45, 7) is 6.65. The minimum Gasteiger partial charge on any atom is -0.387 e. The fraction of sp³-hybridized carbons (Fsp3) is 0.389. The van der Waals surface area contributed by atoms with E-state index >= 15 is 0 Å². The van der Waals surface area contributed by atoms with E-state index in [2.05, 4.69) is 35.9 Å². The highest BCUT2D eigenvalue weighted by molar-refractivity contribution is 5.24. The van der Waals surface area contributed by atoms with Crippen LogP contribution in [0.2, 0.25) is 0 Å². The van der Waals surface area contributed by atoms with Gasteiger partial charge in [0.1, 0.15) is 0 Å². The molecule has 3 nitrogen and oxygen atoms in total. The summed E-state index contributed by atoms with van der Waals surface area (Å²) in [6.07, 6.45) is 4.20. The SMILES string of the molecule is CCc1ccc(C(O)CN(CC)Cc2ccncc2)cc1. The molecule has 0 amide bonds. The summed E-state index contributed by atoms with van der Waals surface area (Å²) < 4.78 is 0. The molecule has 1 heterocycles. The van der Waals surface area contributed by atoms with Crippen molar-refractivity contribution >= 4 is 0 Å². The van der Waals surface area contributed by atoms with Crippen LogP contribution >= 0.6 is 0 Å². The third-order valence-electron chi connectivity index (χ3n) is 3.81. The average Bonchev–Trinajstić information content (AvgIpc) is 2.55. The first-order valence-corrected chi connectivity index (χ1v) is 7.61. The number of aryl methyl sites for hydroxylation is 1. The van der Waals surface area contributed by atoms with Crippen LogP contribution in [0, 0.1) is 0 Å². The van der Waals surface area contributed by atoms with Crippen molar-refractivity contribution in [3.63, 3.8) is 0 Å². The highest BCUT2D eigenvalue weighted by Crippen LogP contribution is 2.16. The van der Waals surface area contributed by atoms with Gasteiger partial charge in [0.25, 0.3) is 0 Å². The molecule has 1 aromatic carbocycles. The molecule has 0 radical (unpaired) electrons. The Morgan fingerprint density at radius 1 is 1.00 bits per heavy atom. The summed E-state index contributed by atoms with van der Waals surface area (Å²) >= 11 is 0. The molecule has 0 aliphatic carbocycles. The molecule has 0 fully saturated rings. The molecular weight excluding hydrogens is 260 g/mol. The van der Waals surface area contributed by atoms with Crippen molar-refractivity contribution in [2.24, 2.45) is 0 Å².